The zero-order valence-corrected chi connectivity index (χ0v) is 14.7. The van der Waals surface area contributed by atoms with Gasteiger partial charge in [-0.15, -0.1) is 0 Å². The van der Waals surface area contributed by atoms with Gasteiger partial charge in [-0.2, -0.15) is 0 Å². The lowest BCUT2D eigenvalue weighted by Gasteiger charge is -2.40. The summed E-state index contributed by atoms with van der Waals surface area (Å²) in [7, 11) is 0. The van der Waals surface area contributed by atoms with Gasteiger partial charge < -0.3 is 14.2 Å². The van der Waals surface area contributed by atoms with Crippen LogP contribution in [0, 0.1) is 17.0 Å². The number of rotatable bonds is 3. The van der Waals surface area contributed by atoms with Gasteiger partial charge in [-0.05, 0) is 32.0 Å². The number of furan rings is 1. The van der Waals surface area contributed by atoms with Crippen molar-refractivity contribution < 1.29 is 14.1 Å². The fraction of sp³-hybridized carbons (Fsp3) is 0.353. The Morgan fingerprint density at radius 3 is 2.64 bits per heavy atom. The van der Waals surface area contributed by atoms with Crippen molar-refractivity contribution in [2.45, 2.75) is 19.9 Å². The second-order valence-electron chi connectivity index (χ2n) is 6.10. The van der Waals surface area contributed by atoms with Gasteiger partial charge >= 0.3 is 0 Å². The molecular formula is C17H18ClN3O4. The number of non-ortho nitro benzene ring substituents is 1. The van der Waals surface area contributed by atoms with E-state index in [-0.39, 0.29) is 17.6 Å². The van der Waals surface area contributed by atoms with Crippen molar-refractivity contribution >= 4 is 28.9 Å². The number of amides is 1. The number of hydrogen-bond acceptors (Lipinski definition) is 5. The lowest BCUT2D eigenvalue weighted by Crippen LogP contribution is -2.54. The van der Waals surface area contributed by atoms with Gasteiger partial charge in [0.15, 0.2) is 5.76 Å². The van der Waals surface area contributed by atoms with E-state index in [1.807, 2.05) is 11.8 Å². The van der Waals surface area contributed by atoms with Gasteiger partial charge in [-0.3, -0.25) is 14.9 Å². The Balaban J connectivity index is 1.73. The number of carbonyl (C=O) groups excluding carboxylic acids is 1. The summed E-state index contributed by atoms with van der Waals surface area (Å²) >= 11 is 6.21. The third-order valence-corrected chi connectivity index (χ3v) is 4.63. The lowest BCUT2D eigenvalue weighted by atomic mass is 10.1. The predicted molar refractivity (Wildman–Crippen MR) is 94.3 cm³/mol. The summed E-state index contributed by atoms with van der Waals surface area (Å²) in [6, 6.07) is 7.85. The molecule has 0 aliphatic carbocycles. The van der Waals surface area contributed by atoms with Crippen LogP contribution in [0.15, 0.2) is 34.7 Å². The number of aryl methyl sites for hydroxylation is 1. The van der Waals surface area contributed by atoms with Crippen molar-refractivity contribution in [3.8, 4) is 0 Å². The molecule has 0 saturated carbocycles. The molecule has 2 heterocycles. The van der Waals surface area contributed by atoms with Gasteiger partial charge in [0.25, 0.3) is 11.6 Å². The van der Waals surface area contributed by atoms with Gasteiger partial charge in [-0.25, -0.2) is 0 Å². The molecule has 132 valence electrons. The molecule has 2 aromatic rings. The van der Waals surface area contributed by atoms with Gasteiger partial charge in [0.1, 0.15) is 5.76 Å². The third kappa shape index (κ3) is 3.46. The van der Waals surface area contributed by atoms with Crippen molar-refractivity contribution in [2.24, 2.45) is 0 Å². The number of halogens is 1. The lowest BCUT2D eigenvalue weighted by molar-refractivity contribution is -0.384. The largest absolute Gasteiger partial charge is 0.456 e. The van der Waals surface area contributed by atoms with Crippen LogP contribution < -0.4 is 4.90 Å². The highest BCUT2D eigenvalue weighted by Crippen LogP contribution is 2.31. The van der Waals surface area contributed by atoms with Crippen LogP contribution in [0.25, 0.3) is 0 Å². The van der Waals surface area contributed by atoms with Crippen LogP contribution >= 0.6 is 11.6 Å². The second-order valence-corrected chi connectivity index (χ2v) is 6.50. The first-order valence-electron chi connectivity index (χ1n) is 7.93. The number of benzene rings is 1. The normalized spacial score (nSPS) is 17.6. The number of carbonyl (C=O) groups is 1. The minimum atomic E-state index is -0.472. The summed E-state index contributed by atoms with van der Waals surface area (Å²) in [6.45, 7) is 5.46. The van der Waals surface area contributed by atoms with Crippen LogP contribution in [0.3, 0.4) is 0 Å². The van der Waals surface area contributed by atoms with Crippen molar-refractivity contribution in [2.75, 3.05) is 24.5 Å². The minimum Gasteiger partial charge on any atom is -0.456 e. The van der Waals surface area contributed by atoms with Gasteiger partial charge in [0.2, 0.25) is 0 Å². The molecule has 1 saturated heterocycles. The zero-order chi connectivity index (χ0) is 18.1. The maximum atomic E-state index is 12.6. The van der Waals surface area contributed by atoms with E-state index in [9.17, 15) is 14.9 Å². The van der Waals surface area contributed by atoms with E-state index < -0.39 is 4.92 Å². The van der Waals surface area contributed by atoms with Crippen molar-refractivity contribution in [3.05, 3.63) is 57.0 Å². The van der Waals surface area contributed by atoms with E-state index in [0.29, 0.717) is 36.2 Å². The first-order valence-corrected chi connectivity index (χ1v) is 8.31. The molecular weight excluding hydrogens is 346 g/mol. The second kappa shape index (κ2) is 6.76. The SMILES string of the molecule is Cc1ccc(C(=O)N2CCN(c3ccc([N+](=O)[O-])cc3Cl)C[C@H]2C)o1. The monoisotopic (exact) mass is 363 g/mol. The Hall–Kier alpha value is -2.54. The van der Waals surface area contributed by atoms with E-state index in [1.165, 1.54) is 12.1 Å². The molecule has 25 heavy (non-hydrogen) atoms. The van der Waals surface area contributed by atoms with E-state index in [2.05, 4.69) is 0 Å². The molecule has 1 fully saturated rings. The third-order valence-electron chi connectivity index (χ3n) is 4.32. The van der Waals surface area contributed by atoms with Crippen LogP contribution in [0.1, 0.15) is 23.2 Å². The predicted octanol–water partition coefficient (Wildman–Crippen LogP) is 3.50. The van der Waals surface area contributed by atoms with Gasteiger partial charge in [0.05, 0.1) is 15.6 Å². The fourth-order valence-corrected chi connectivity index (χ4v) is 3.33. The van der Waals surface area contributed by atoms with Crippen molar-refractivity contribution in [1.29, 1.82) is 0 Å². The Kier molecular flexibility index (Phi) is 4.67. The van der Waals surface area contributed by atoms with Crippen LogP contribution in [0.2, 0.25) is 5.02 Å². The Morgan fingerprint density at radius 2 is 2.08 bits per heavy atom. The maximum absolute atomic E-state index is 12.6. The topological polar surface area (TPSA) is 79.8 Å². The first kappa shape index (κ1) is 17.3. The standard InChI is InChI=1S/C17H18ClN3O4/c1-11-10-19(15-5-4-13(21(23)24)9-14(15)18)7-8-20(11)17(22)16-6-3-12(2)25-16/h3-6,9,11H,7-8,10H2,1-2H3/t11-/m1/s1. The Morgan fingerprint density at radius 1 is 1.32 bits per heavy atom. The average molecular weight is 364 g/mol. The Labute approximate surface area is 149 Å². The molecule has 1 aromatic heterocycles. The van der Waals surface area contributed by atoms with Crippen LogP contribution in [0.5, 0.6) is 0 Å². The molecule has 1 aromatic carbocycles. The molecule has 3 rings (SSSR count). The maximum Gasteiger partial charge on any atom is 0.289 e. The molecule has 1 aliphatic rings. The van der Waals surface area contributed by atoms with Gasteiger partial charge in [-0.1, -0.05) is 11.6 Å². The first-order chi connectivity index (χ1) is 11.9. The number of nitro benzene ring substituents is 1. The van der Waals surface area contributed by atoms with E-state index in [1.54, 1.807) is 30.0 Å². The molecule has 7 nitrogen and oxygen atoms in total. The quantitative estimate of drug-likeness (QED) is 0.616. The number of nitrogens with zero attached hydrogens (tertiary/aromatic N) is 3. The van der Waals surface area contributed by atoms with Crippen LogP contribution in [0.4, 0.5) is 11.4 Å². The number of anilines is 1. The van der Waals surface area contributed by atoms with E-state index in [0.717, 1.165) is 5.69 Å². The van der Waals surface area contributed by atoms with E-state index >= 15 is 0 Å². The summed E-state index contributed by atoms with van der Waals surface area (Å²) in [5, 5.41) is 11.2. The molecule has 8 heteroatoms. The smallest absolute Gasteiger partial charge is 0.289 e. The molecule has 0 bridgehead atoms. The Bertz CT molecular complexity index is 820. The average Bonchev–Trinajstić information content (AvgIpc) is 3.00. The molecule has 1 aliphatic heterocycles. The van der Waals surface area contributed by atoms with Crippen molar-refractivity contribution in [3.63, 3.8) is 0 Å². The summed E-state index contributed by atoms with van der Waals surface area (Å²) < 4.78 is 5.42. The molecule has 0 radical (unpaired) electrons. The summed E-state index contributed by atoms with van der Waals surface area (Å²) in [5.74, 6) is 0.911. The van der Waals surface area contributed by atoms with Crippen LogP contribution in [-0.4, -0.2) is 41.4 Å². The number of piperazine rings is 1. The highest BCUT2D eigenvalue weighted by Gasteiger charge is 2.30. The molecule has 1 amide bonds. The molecule has 0 N–H and O–H groups in total. The minimum absolute atomic E-state index is 0.0381. The summed E-state index contributed by atoms with van der Waals surface area (Å²) in [5.41, 5.74) is 0.698. The highest BCUT2D eigenvalue weighted by molar-refractivity contribution is 6.33. The van der Waals surface area contributed by atoms with E-state index in [4.69, 9.17) is 16.0 Å². The molecule has 0 unspecified atom stereocenters. The zero-order valence-electron chi connectivity index (χ0n) is 13.9. The fourth-order valence-electron chi connectivity index (χ4n) is 3.03. The van der Waals surface area contributed by atoms with Gasteiger partial charge in [0, 0.05) is 37.8 Å². The van der Waals surface area contributed by atoms with Crippen molar-refractivity contribution in [1.82, 2.24) is 4.90 Å². The summed E-state index contributed by atoms with van der Waals surface area (Å²) in [4.78, 5) is 26.7. The molecule has 0 spiro atoms. The molecule has 1 atom stereocenters. The number of hydrogen-bond donors (Lipinski definition) is 0. The highest BCUT2D eigenvalue weighted by atomic mass is 35.5. The van der Waals surface area contributed by atoms with Crippen LogP contribution in [-0.2, 0) is 0 Å². The number of nitro groups is 1. The summed E-state index contributed by atoms with van der Waals surface area (Å²) in [6.07, 6.45) is 0.